The molecular weight excluding hydrogens is 232 g/mol. The molecule has 4 nitrogen and oxygen atoms in total. The highest BCUT2D eigenvalue weighted by molar-refractivity contribution is 7.71. The van der Waals surface area contributed by atoms with E-state index in [0.717, 1.165) is 29.7 Å². The Hall–Kier alpha value is -0.840. The van der Waals surface area contributed by atoms with Gasteiger partial charge in [0.25, 0.3) is 0 Å². The predicted octanol–water partition coefficient (Wildman–Crippen LogP) is 2.90. The van der Waals surface area contributed by atoms with Crippen molar-refractivity contribution in [2.45, 2.75) is 45.1 Å². The molecule has 1 aliphatic heterocycles. The molecule has 3 rings (SSSR count). The normalized spacial score (nSPS) is 25.9. The van der Waals surface area contributed by atoms with Gasteiger partial charge in [0.1, 0.15) is 0 Å². The molecule has 2 fully saturated rings. The van der Waals surface area contributed by atoms with E-state index in [1.54, 1.807) is 0 Å². The first-order chi connectivity index (χ1) is 8.25. The number of hydrogen-bond donors (Lipinski definition) is 1. The minimum atomic E-state index is 0.576. The number of nitrogens with zero attached hydrogens (tertiary/aromatic N) is 3. The fraction of sp³-hybridized carbons (Fsp3) is 0.833. The smallest absolute Gasteiger partial charge is 0.225 e. The maximum atomic E-state index is 5.39. The summed E-state index contributed by atoms with van der Waals surface area (Å²) in [6.45, 7) is 4.54. The zero-order valence-electron chi connectivity index (χ0n) is 10.4. The Kier molecular flexibility index (Phi) is 2.94. The van der Waals surface area contributed by atoms with Gasteiger partial charge in [-0.05, 0) is 37.4 Å². The van der Waals surface area contributed by atoms with Gasteiger partial charge in [0.05, 0.1) is 0 Å². The van der Waals surface area contributed by atoms with Crippen molar-refractivity contribution in [2.75, 3.05) is 18.0 Å². The predicted molar refractivity (Wildman–Crippen MR) is 70.9 cm³/mol. The van der Waals surface area contributed by atoms with Crippen LogP contribution in [0, 0.1) is 10.7 Å². The molecule has 0 bridgehead atoms. The summed E-state index contributed by atoms with van der Waals surface area (Å²) in [5, 5.41) is 7.43. The van der Waals surface area contributed by atoms with Gasteiger partial charge in [0, 0.05) is 19.1 Å². The molecule has 94 valence electrons. The Morgan fingerprint density at radius 2 is 2.06 bits per heavy atom. The van der Waals surface area contributed by atoms with Crippen LogP contribution >= 0.6 is 12.2 Å². The van der Waals surface area contributed by atoms with Crippen molar-refractivity contribution in [1.82, 2.24) is 14.8 Å². The molecule has 1 aromatic rings. The van der Waals surface area contributed by atoms with Gasteiger partial charge >= 0.3 is 0 Å². The summed E-state index contributed by atoms with van der Waals surface area (Å²) in [4.78, 5) is 2.38. The van der Waals surface area contributed by atoms with Gasteiger partial charge < -0.3 is 4.90 Å². The van der Waals surface area contributed by atoms with Crippen LogP contribution in [0.15, 0.2) is 0 Å². The quantitative estimate of drug-likeness (QED) is 0.822. The number of rotatable bonds is 2. The van der Waals surface area contributed by atoms with Gasteiger partial charge in [-0.25, -0.2) is 5.10 Å². The standard InChI is InChI=1S/C12H20N4S/c1-9-6-7-15(8-9)11-13-14-12(17)16(11)10-4-2-3-5-10/h9-10H,2-8H2,1H3,(H,14,17). The van der Waals surface area contributed by atoms with Gasteiger partial charge in [-0.1, -0.05) is 19.8 Å². The van der Waals surface area contributed by atoms with E-state index in [9.17, 15) is 0 Å². The van der Waals surface area contributed by atoms with Crippen LogP contribution in [0.5, 0.6) is 0 Å². The third kappa shape index (κ3) is 2.01. The van der Waals surface area contributed by atoms with Crippen LogP contribution in [0.2, 0.25) is 0 Å². The van der Waals surface area contributed by atoms with E-state index in [1.165, 1.54) is 32.1 Å². The molecular formula is C12H20N4S. The molecule has 0 spiro atoms. The molecule has 0 radical (unpaired) electrons. The monoisotopic (exact) mass is 252 g/mol. The molecule has 1 unspecified atom stereocenters. The first kappa shape index (κ1) is 11.3. The molecule has 1 saturated carbocycles. The maximum Gasteiger partial charge on any atom is 0.225 e. The van der Waals surface area contributed by atoms with Gasteiger partial charge in [0.2, 0.25) is 5.95 Å². The molecule has 5 heteroatoms. The fourth-order valence-corrected chi connectivity index (χ4v) is 3.40. The lowest BCUT2D eigenvalue weighted by Crippen LogP contribution is -2.24. The first-order valence-corrected chi connectivity index (χ1v) is 7.08. The summed E-state index contributed by atoms with van der Waals surface area (Å²) < 4.78 is 3.06. The van der Waals surface area contributed by atoms with Crippen molar-refractivity contribution >= 4 is 18.2 Å². The average Bonchev–Trinajstić information content (AvgIpc) is 2.97. The number of anilines is 1. The van der Waals surface area contributed by atoms with Gasteiger partial charge in [-0.3, -0.25) is 4.57 Å². The highest BCUT2D eigenvalue weighted by Gasteiger charge is 2.27. The second kappa shape index (κ2) is 4.44. The third-order valence-corrected chi connectivity index (χ3v) is 4.37. The van der Waals surface area contributed by atoms with E-state index in [2.05, 4.69) is 26.6 Å². The van der Waals surface area contributed by atoms with Crippen molar-refractivity contribution in [3.05, 3.63) is 4.77 Å². The van der Waals surface area contributed by atoms with E-state index in [-0.39, 0.29) is 0 Å². The van der Waals surface area contributed by atoms with Gasteiger partial charge in [-0.2, -0.15) is 0 Å². The highest BCUT2D eigenvalue weighted by atomic mass is 32.1. The first-order valence-electron chi connectivity index (χ1n) is 6.67. The maximum absolute atomic E-state index is 5.39. The number of nitrogens with one attached hydrogen (secondary N) is 1. The molecule has 17 heavy (non-hydrogen) atoms. The van der Waals surface area contributed by atoms with Gasteiger partial charge in [-0.15, -0.1) is 5.10 Å². The van der Waals surface area contributed by atoms with Crippen LogP contribution in [-0.4, -0.2) is 27.9 Å². The van der Waals surface area contributed by atoms with Crippen LogP contribution in [0.4, 0.5) is 5.95 Å². The summed E-state index contributed by atoms with van der Waals surface area (Å²) in [5.41, 5.74) is 0. The van der Waals surface area contributed by atoms with E-state index >= 15 is 0 Å². The lowest BCUT2D eigenvalue weighted by Gasteiger charge is -2.21. The Morgan fingerprint density at radius 1 is 1.29 bits per heavy atom. The van der Waals surface area contributed by atoms with Crippen LogP contribution in [-0.2, 0) is 0 Å². The largest absolute Gasteiger partial charge is 0.341 e. The molecule has 1 N–H and O–H groups in total. The van der Waals surface area contributed by atoms with Crippen molar-refractivity contribution in [2.24, 2.45) is 5.92 Å². The highest BCUT2D eigenvalue weighted by Crippen LogP contribution is 2.33. The van der Waals surface area contributed by atoms with Crippen molar-refractivity contribution < 1.29 is 0 Å². The van der Waals surface area contributed by atoms with Gasteiger partial charge in [0.15, 0.2) is 4.77 Å². The van der Waals surface area contributed by atoms with E-state index < -0.39 is 0 Å². The third-order valence-electron chi connectivity index (χ3n) is 4.08. The van der Waals surface area contributed by atoms with Crippen molar-refractivity contribution in [3.8, 4) is 0 Å². The molecule has 1 aromatic heterocycles. The minimum Gasteiger partial charge on any atom is -0.341 e. The summed E-state index contributed by atoms with van der Waals surface area (Å²) in [6.07, 6.45) is 6.43. The summed E-state index contributed by atoms with van der Waals surface area (Å²) in [5.74, 6) is 1.85. The molecule has 0 aromatic carbocycles. The van der Waals surface area contributed by atoms with E-state index in [1.807, 2.05) is 0 Å². The summed E-state index contributed by atoms with van der Waals surface area (Å²) >= 11 is 5.39. The molecule has 1 aliphatic carbocycles. The topological polar surface area (TPSA) is 36.9 Å². The zero-order valence-corrected chi connectivity index (χ0v) is 11.2. The second-order valence-corrected chi connectivity index (χ2v) is 5.86. The summed E-state index contributed by atoms with van der Waals surface area (Å²) in [7, 11) is 0. The number of hydrogen-bond acceptors (Lipinski definition) is 3. The van der Waals surface area contributed by atoms with Crippen molar-refractivity contribution in [3.63, 3.8) is 0 Å². The lowest BCUT2D eigenvalue weighted by atomic mass is 10.2. The number of aromatic nitrogens is 3. The van der Waals surface area contributed by atoms with E-state index in [4.69, 9.17) is 12.2 Å². The number of H-pyrrole nitrogens is 1. The Labute approximate surface area is 107 Å². The average molecular weight is 252 g/mol. The van der Waals surface area contributed by atoms with E-state index in [0.29, 0.717) is 6.04 Å². The van der Waals surface area contributed by atoms with Crippen molar-refractivity contribution in [1.29, 1.82) is 0 Å². The number of aromatic amines is 1. The SMILES string of the molecule is CC1CCN(c2n[nH]c(=S)n2C2CCCC2)C1. The zero-order chi connectivity index (χ0) is 11.8. The summed E-state index contributed by atoms with van der Waals surface area (Å²) in [6, 6.07) is 0.576. The van der Waals surface area contributed by atoms with Crippen LogP contribution in [0.3, 0.4) is 0 Å². The van der Waals surface area contributed by atoms with Crippen LogP contribution < -0.4 is 4.90 Å². The molecule has 2 aliphatic rings. The minimum absolute atomic E-state index is 0.576. The van der Waals surface area contributed by atoms with Crippen LogP contribution in [0.1, 0.15) is 45.1 Å². The lowest BCUT2D eigenvalue weighted by molar-refractivity contribution is 0.508. The molecule has 1 saturated heterocycles. The fourth-order valence-electron chi connectivity index (χ4n) is 3.13. The Morgan fingerprint density at radius 3 is 2.71 bits per heavy atom. The molecule has 2 heterocycles. The second-order valence-electron chi connectivity index (χ2n) is 5.48. The van der Waals surface area contributed by atoms with Crippen LogP contribution in [0.25, 0.3) is 0 Å². The molecule has 1 atom stereocenters. The molecule has 0 amide bonds. The Bertz CT molecular complexity index is 444. The Balaban J connectivity index is 1.91.